The van der Waals surface area contributed by atoms with Gasteiger partial charge in [0.1, 0.15) is 5.82 Å². The third-order valence-electron chi connectivity index (χ3n) is 5.01. The van der Waals surface area contributed by atoms with Crippen molar-refractivity contribution in [3.05, 3.63) is 54.7 Å². The van der Waals surface area contributed by atoms with Gasteiger partial charge in [-0.3, -0.25) is 4.98 Å². The van der Waals surface area contributed by atoms with E-state index in [1.54, 1.807) is 24.7 Å². The van der Waals surface area contributed by atoms with E-state index in [1.165, 1.54) is 6.07 Å². The summed E-state index contributed by atoms with van der Waals surface area (Å²) in [5, 5.41) is 10.9. The number of nitrogens with zero attached hydrogens (tertiary/aromatic N) is 9. The van der Waals surface area contributed by atoms with E-state index in [4.69, 9.17) is 0 Å². The minimum atomic E-state index is -4.62. The molecular formula is C19H16F3N9. The maximum atomic E-state index is 13.1. The Balaban J connectivity index is 1.33. The van der Waals surface area contributed by atoms with E-state index >= 15 is 0 Å². The number of rotatable bonds is 3. The van der Waals surface area contributed by atoms with E-state index in [9.17, 15) is 13.2 Å². The van der Waals surface area contributed by atoms with Crippen LogP contribution in [0.3, 0.4) is 0 Å². The number of piperazine rings is 1. The van der Waals surface area contributed by atoms with Gasteiger partial charge in [-0.2, -0.15) is 17.7 Å². The smallest absolute Gasteiger partial charge is 0.352 e. The average Bonchev–Trinajstić information content (AvgIpc) is 3.24. The molecule has 1 aliphatic heterocycles. The van der Waals surface area contributed by atoms with Gasteiger partial charge in [0.2, 0.25) is 5.95 Å². The molecule has 1 fully saturated rings. The molecule has 5 rings (SSSR count). The van der Waals surface area contributed by atoms with Crippen LogP contribution in [0.25, 0.3) is 16.9 Å². The van der Waals surface area contributed by atoms with E-state index in [0.29, 0.717) is 37.9 Å². The molecule has 5 heterocycles. The SMILES string of the molecule is FC(F)(F)c1nnc2ccc(N3CCN(c4nccc(-c5ccncc5)n4)CC3)nn12. The highest BCUT2D eigenvalue weighted by Crippen LogP contribution is 2.28. The lowest BCUT2D eigenvalue weighted by Crippen LogP contribution is -2.47. The predicted octanol–water partition coefficient (Wildman–Crippen LogP) is 2.32. The van der Waals surface area contributed by atoms with Crippen molar-refractivity contribution in [2.24, 2.45) is 0 Å². The fourth-order valence-corrected chi connectivity index (χ4v) is 3.44. The Morgan fingerprint density at radius 2 is 1.55 bits per heavy atom. The summed E-state index contributed by atoms with van der Waals surface area (Å²) in [5.74, 6) is -0.0937. The first-order chi connectivity index (χ1) is 15.0. The summed E-state index contributed by atoms with van der Waals surface area (Å²) in [6, 6.07) is 8.74. The van der Waals surface area contributed by atoms with Crippen LogP contribution in [0.4, 0.5) is 24.9 Å². The summed E-state index contributed by atoms with van der Waals surface area (Å²) in [5.41, 5.74) is 1.80. The number of pyridine rings is 1. The van der Waals surface area contributed by atoms with E-state index in [0.717, 1.165) is 15.8 Å². The monoisotopic (exact) mass is 427 g/mol. The van der Waals surface area contributed by atoms with E-state index in [2.05, 4.69) is 30.2 Å². The quantitative estimate of drug-likeness (QED) is 0.492. The summed E-state index contributed by atoms with van der Waals surface area (Å²) in [7, 11) is 0. The summed E-state index contributed by atoms with van der Waals surface area (Å²) in [6.07, 6.45) is 0.505. The van der Waals surface area contributed by atoms with Gasteiger partial charge in [0.15, 0.2) is 5.65 Å². The summed E-state index contributed by atoms with van der Waals surface area (Å²) in [6.45, 7) is 2.33. The molecule has 0 radical (unpaired) electrons. The van der Waals surface area contributed by atoms with Gasteiger partial charge in [-0.1, -0.05) is 0 Å². The second kappa shape index (κ2) is 7.45. The van der Waals surface area contributed by atoms with Crippen LogP contribution in [0, 0.1) is 0 Å². The number of hydrogen-bond donors (Lipinski definition) is 0. The lowest BCUT2D eigenvalue weighted by molar-refractivity contribution is -0.146. The van der Waals surface area contributed by atoms with E-state index < -0.39 is 12.0 Å². The zero-order valence-electron chi connectivity index (χ0n) is 16.1. The summed E-state index contributed by atoms with van der Waals surface area (Å²) in [4.78, 5) is 17.0. The molecule has 158 valence electrons. The van der Waals surface area contributed by atoms with Gasteiger partial charge in [-0.15, -0.1) is 15.3 Å². The zero-order valence-corrected chi connectivity index (χ0v) is 16.1. The molecule has 0 spiro atoms. The highest BCUT2D eigenvalue weighted by atomic mass is 19.4. The number of anilines is 2. The molecule has 0 N–H and O–H groups in total. The predicted molar refractivity (Wildman–Crippen MR) is 105 cm³/mol. The van der Waals surface area contributed by atoms with Gasteiger partial charge in [0, 0.05) is 50.3 Å². The molecule has 0 saturated carbocycles. The van der Waals surface area contributed by atoms with Crippen LogP contribution in [0.5, 0.6) is 0 Å². The van der Waals surface area contributed by atoms with Crippen LogP contribution in [-0.2, 0) is 6.18 Å². The first-order valence-electron chi connectivity index (χ1n) is 9.52. The topological polar surface area (TPSA) is 88.2 Å². The van der Waals surface area contributed by atoms with E-state index in [-0.39, 0.29) is 5.65 Å². The number of hydrogen-bond acceptors (Lipinski definition) is 8. The lowest BCUT2D eigenvalue weighted by atomic mass is 10.2. The number of alkyl halides is 3. The Hall–Kier alpha value is -3.83. The van der Waals surface area contributed by atoms with E-state index in [1.807, 2.05) is 28.0 Å². The Labute approximate surface area is 174 Å². The largest absolute Gasteiger partial charge is 0.453 e. The Bertz CT molecular complexity index is 1200. The van der Waals surface area contributed by atoms with Crippen LogP contribution in [0.15, 0.2) is 48.9 Å². The maximum absolute atomic E-state index is 13.1. The fourth-order valence-electron chi connectivity index (χ4n) is 3.44. The minimum Gasteiger partial charge on any atom is -0.352 e. The van der Waals surface area contributed by atoms with Crippen LogP contribution < -0.4 is 9.80 Å². The molecule has 0 unspecified atom stereocenters. The fraction of sp³-hybridized carbons (Fsp3) is 0.263. The molecule has 0 aliphatic carbocycles. The molecule has 1 saturated heterocycles. The van der Waals surface area contributed by atoms with Crippen LogP contribution >= 0.6 is 0 Å². The Kier molecular flexibility index (Phi) is 4.60. The Morgan fingerprint density at radius 3 is 2.29 bits per heavy atom. The number of fused-ring (bicyclic) bond motifs is 1. The van der Waals surface area contributed by atoms with Crippen molar-refractivity contribution in [2.45, 2.75) is 6.18 Å². The van der Waals surface area contributed by atoms with Gasteiger partial charge in [0.05, 0.1) is 5.69 Å². The summed E-state index contributed by atoms with van der Waals surface area (Å²) < 4.78 is 40.1. The van der Waals surface area contributed by atoms with Crippen LogP contribution in [-0.4, -0.2) is 60.9 Å². The zero-order chi connectivity index (χ0) is 21.4. The number of aromatic nitrogens is 7. The normalized spacial score (nSPS) is 14.9. The minimum absolute atomic E-state index is 0.0519. The Morgan fingerprint density at radius 1 is 0.806 bits per heavy atom. The first kappa shape index (κ1) is 19.2. The van der Waals surface area contributed by atoms with Gasteiger partial charge in [-0.05, 0) is 30.3 Å². The summed E-state index contributed by atoms with van der Waals surface area (Å²) >= 11 is 0. The molecule has 0 bridgehead atoms. The third-order valence-corrected chi connectivity index (χ3v) is 5.01. The maximum Gasteiger partial charge on any atom is 0.453 e. The molecule has 12 heteroatoms. The first-order valence-corrected chi connectivity index (χ1v) is 9.52. The van der Waals surface area contributed by atoms with Gasteiger partial charge >= 0.3 is 6.18 Å². The van der Waals surface area contributed by atoms with Gasteiger partial charge in [-0.25, -0.2) is 9.97 Å². The number of halogens is 3. The van der Waals surface area contributed by atoms with Crippen molar-refractivity contribution >= 4 is 17.4 Å². The lowest BCUT2D eigenvalue weighted by Gasteiger charge is -2.35. The molecule has 0 atom stereocenters. The van der Waals surface area contributed by atoms with Crippen molar-refractivity contribution in [3.63, 3.8) is 0 Å². The molecule has 0 amide bonds. The second-order valence-electron chi connectivity index (χ2n) is 6.93. The van der Waals surface area contributed by atoms with Crippen LogP contribution in [0.2, 0.25) is 0 Å². The molecule has 4 aromatic heterocycles. The molecule has 0 aromatic carbocycles. The third kappa shape index (κ3) is 3.71. The van der Waals surface area contributed by atoms with Crippen molar-refractivity contribution in [1.29, 1.82) is 0 Å². The van der Waals surface area contributed by atoms with Crippen molar-refractivity contribution in [2.75, 3.05) is 36.0 Å². The second-order valence-corrected chi connectivity index (χ2v) is 6.93. The van der Waals surface area contributed by atoms with Crippen molar-refractivity contribution < 1.29 is 13.2 Å². The molecule has 4 aromatic rings. The van der Waals surface area contributed by atoms with Gasteiger partial charge in [0.25, 0.3) is 5.82 Å². The molecular weight excluding hydrogens is 411 g/mol. The standard InChI is InChI=1S/C19H16F3N9/c20-19(21,22)17-27-26-15-1-2-16(28-31(15)17)29-9-11-30(12-10-29)18-24-8-5-14(25-18)13-3-6-23-7-4-13/h1-8H,9-12H2. The highest BCUT2D eigenvalue weighted by Gasteiger charge is 2.37. The van der Waals surface area contributed by atoms with Gasteiger partial charge < -0.3 is 9.80 Å². The van der Waals surface area contributed by atoms with Crippen molar-refractivity contribution in [3.8, 4) is 11.3 Å². The highest BCUT2D eigenvalue weighted by molar-refractivity contribution is 5.59. The van der Waals surface area contributed by atoms with Crippen LogP contribution in [0.1, 0.15) is 5.82 Å². The average molecular weight is 427 g/mol. The molecule has 9 nitrogen and oxygen atoms in total. The van der Waals surface area contributed by atoms with Crippen molar-refractivity contribution in [1.82, 2.24) is 34.8 Å². The molecule has 1 aliphatic rings. The molecule has 31 heavy (non-hydrogen) atoms.